The van der Waals surface area contributed by atoms with Gasteiger partial charge in [-0.25, -0.2) is 0 Å². The van der Waals surface area contributed by atoms with Crippen LogP contribution in [0.1, 0.15) is 18.0 Å². The number of hydrogen-bond donors (Lipinski definition) is 1. The van der Waals surface area contributed by atoms with E-state index >= 15 is 0 Å². The summed E-state index contributed by atoms with van der Waals surface area (Å²) >= 11 is 0. The van der Waals surface area contributed by atoms with Crippen LogP contribution < -0.4 is 5.32 Å². The smallest absolute Gasteiger partial charge is 0.0700 e. The number of nitrogens with one attached hydrogen (secondary N) is 1. The molecule has 0 bridgehead atoms. The molecule has 0 fully saturated rings. The standard InChI is InChI=1S/C16H22N2O2/c1-17-16(7-9-20-11-10-19-2)15-5-3-4-13-12-18-8-6-14(13)15/h3-6,8,12,16-17H,7,9-11H2,1-2H3. The molecule has 1 N–H and O–H groups in total. The summed E-state index contributed by atoms with van der Waals surface area (Å²) in [4.78, 5) is 4.18. The summed E-state index contributed by atoms with van der Waals surface area (Å²) in [5, 5.41) is 5.79. The lowest BCUT2D eigenvalue weighted by molar-refractivity contribution is 0.0661. The van der Waals surface area contributed by atoms with E-state index in [2.05, 4.69) is 34.6 Å². The zero-order valence-electron chi connectivity index (χ0n) is 12.1. The highest BCUT2D eigenvalue weighted by atomic mass is 16.5. The molecule has 4 heteroatoms. The summed E-state index contributed by atoms with van der Waals surface area (Å²) in [5.74, 6) is 0. The molecule has 20 heavy (non-hydrogen) atoms. The Bertz CT molecular complexity index is 525. The Kier molecular flexibility index (Phi) is 5.92. The van der Waals surface area contributed by atoms with Crippen LogP contribution in [0.15, 0.2) is 36.7 Å². The van der Waals surface area contributed by atoms with Gasteiger partial charge in [-0.05, 0) is 30.5 Å². The van der Waals surface area contributed by atoms with Crippen LogP contribution in [0.4, 0.5) is 0 Å². The third kappa shape index (κ3) is 3.76. The van der Waals surface area contributed by atoms with Gasteiger partial charge in [0, 0.05) is 37.5 Å². The molecular weight excluding hydrogens is 252 g/mol. The molecule has 0 radical (unpaired) electrons. The van der Waals surface area contributed by atoms with E-state index in [1.807, 2.05) is 19.4 Å². The third-order valence-electron chi connectivity index (χ3n) is 3.42. The van der Waals surface area contributed by atoms with E-state index in [-0.39, 0.29) is 6.04 Å². The molecule has 0 saturated carbocycles. The van der Waals surface area contributed by atoms with Crippen molar-refractivity contribution >= 4 is 10.8 Å². The Morgan fingerprint density at radius 3 is 2.90 bits per heavy atom. The zero-order valence-corrected chi connectivity index (χ0v) is 12.1. The molecule has 108 valence electrons. The number of pyridine rings is 1. The maximum absolute atomic E-state index is 5.56. The van der Waals surface area contributed by atoms with Crippen LogP contribution in [0.2, 0.25) is 0 Å². The number of rotatable bonds is 8. The molecule has 1 atom stereocenters. The topological polar surface area (TPSA) is 43.4 Å². The molecule has 0 amide bonds. The van der Waals surface area contributed by atoms with Crippen LogP contribution in [0.25, 0.3) is 10.8 Å². The van der Waals surface area contributed by atoms with E-state index in [1.165, 1.54) is 16.3 Å². The van der Waals surface area contributed by atoms with Crippen LogP contribution in [-0.4, -0.2) is 39.0 Å². The van der Waals surface area contributed by atoms with Crippen molar-refractivity contribution in [2.45, 2.75) is 12.5 Å². The van der Waals surface area contributed by atoms with Gasteiger partial charge in [0.15, 0.2) is 0 Å². The predicted molar refractivity (Wildman–Crippen MR) is 80.9 cm³/mol. The van der Waals surface area contributed by atoms with Gasteiger partial charge in [-0.2, -0.15) is 0 Å². The Labute approximate surface area is 120 Å². The van der Waals surface area contributed by atoms with Crippen LogP contribution in [0.3, 0.4) is 0 Å². The van der Waals surface area contributed by atoms with E-state index in [4.69, 9.17) is 9.47 Å². The summed E-state index contributed by atoms with van der Waals surface area (Å²) in [6.07, 6.45) is 4.68. The molecule has 0 aliphatic rings. The fraction of sp³-hybridized carbons (Fsp3) is 0.438. The van der Waals surface area contributed by atoms with Crippen molar-refractivity contribution < 1.29 is 9.47 Å². The van der Waals surface area contributed by atoms with E-state index in [9.17, 15) is 0 Å². The third-order valence-corrected chi connectivity index (χ3v) is 3.42. The maximum Gasteiger partial charge on any atom is 0.0700 e. The largest absolute Gasteiger partial charge is 0.382 e. The summed E-state index contributed by atoms with van der Waals surface area (Å²) in [5.41, 5.74) is 1.29. The fourth-order valence-electron chi connectivity index (χ4n) is 2.35. The Morgan fingerprint density at radius 1 is 1.20 bits per heavy atom. The summed E-state index contributed by atoms with van der Waals surface area (Å²) in [6.45, 7) is 2.01. The average Bonchev–Trinajstić information content (AvgIpc) is 2.51. The van der Waals surface area contributed by atoms with Crippen molar-refractivity contribution in [3.63, 3.8) is 0 Å². The first-order chi connectivity index (χ1) is 9.86. The summed E-state index contributed by atoms with van der Waals surface area (Å²) in [6, 6.07) is 8.69. The minimum absolute atomic E-state index is 0.281. The second-order valence-electron chi connectivity index (χ2n) is 4.68. The summed E-state index contributed by atoms with van der Waals surface area (Å²) < 4.78 is 10.5. The average molecular weight is 274 g/mol. The van der Waals surface area contributed by atoms with Crippen LogP contribution in [0, 0.1) is 0 Å². The van der Waals surface area contributed by atoms with Crippen molar-refractivity contribution in [3.05, 3.63) is 42.2 Å². The monoisotopic (exact) mass is 274 g/mol. The lowest BCUT2D eigenvalue weighted by atomic mass is 9.98. The van der Waals surface area contributed by atoms with Gasteiger partial charge >= 0.3 is 0 Å². The van der Waals surface area contributed by atoms with Gasteiger partial charge in [0.25, 0.3) is 0 Å². The number of benzene rings is 1. The molecule has 0 aliphatic heterocycles. The maximum atomic E-state index is 5.56. The Balaban J connectivity index is 2.05. The molecule has 0 spiro atoms. The van der Waals surface area contributed by atoms with Gasteiger partial charge in [0.1, 0.15) is 0 Å². The number of ether oxygens (including phenoxy) is 2. The van der Waals surface area contributed by atoms with Gasteiger partial charge in [0.2, 0.25) is 0 Å². The van der Waals surface area contributed by atoms with Gasteiger partial charge in [0.05, 0.1) is 13.2 Å². The molecule has 2 rings (SSSR count). The quantitative estimate of drug-likeness (QED) is 0.751. The highest BCUT2D eigenvalue weighted by molar-refractivity contribution is 5.85. The predicted octanol–water partition coefficient (Wildman–Crippen LogP) is 2.55. The van der Waals surface area contributed by atoms with Crippen molar-refractivity contribution in [1.82, 2.24) is 10.3 Å². The van der Waals surface area contributed by atoms with E-state index in [0.717, 1.165) is 13.0 Å². The first-order valence-corrected chi connectivity index (χ1v) is 6.93. The first-order valence-electron chi connectivity index (χ1n) is 6.93. The highest BCUT2D eigenvalue weighted by Gasteiger charge is 2.12. The van der Waals surface area contributed by atoms with Crippen molar-refractivity contribution in [3.8, 4) is 0 Å². The highest BCUT2D eigenvalue weighted by Crippen LogP contribution is 2.25. The summed E-state index contributed by atoms with van der Waals surface area (Å²) in [7, 11) is 3.67. The van der Waals surface area contributed by atoms with Crippen LogP contribution in [-0.2, 0) is 9.47 Å². The fourth-order valence-corrected chi connectivity index (χ4v) is 2.35. The van der Waals surface area contributed by atoms with Crippen LogP contribution >= 0.6 is 0 Å². The zero-order chi connectivity index (χ0) is 14.2. The van der Waals surface area contributed by atoms with E-state index in [1.54, 1.807) is 7.11 Å². The lowest BCUT2D eigenvalue weighted by Crippen LogP contribution is -2.19. The number of aromatic nitrogens is 1. The molecule has 2 aromatic rings. The SMILES string of the molecule is CNC(CCOCCOC)c1cccc2cnccc12. The second kappa shape index (κ2) is 7.94. The minimum Gasteiger partial charge on any atom is -0.382 e. The second-order valence-corrected chi connectivity index (χ2v) is 4.68. The molecule has 0 saturated heterocycles. The number of methoxy groups -OCH3 is 1. The van der Waals surface area contributed by atoms with Crippen molar-refractivity contribution in [1.29, 1.82) is 0 Å². The lowest BCUT2D eigenvalue weighted by Gasteiger charge is -2.18. The minimum atomic E-state index is 0.281. The van der Waals surface area contributed by atoms with Gasteiger partial charge in [-0.1, -0.05) is 18.2 Å². The van der Waals surface area contributed by atoms with Crippen molar-refractivity contribution in [2.75, 3.05) is 34.0 Å². The number of nitrogens with zero attached hydrogens (tertiary/aromatic N) is 1. The first kappa shape index (κ1) is 14.9. The van der Waals surface area contributed by atoms with Crippen LogP contribution in [0.5, 0.6) is 0 Å². The Morgan fingerprint density at radius 2 is 2.10 bits per heavy atom. The van der Waals surface area contributed by atoms with Crippen molar-refractivity contribution in [2.24, 2.45) is 0 Å². The van der Waals surface area contributed by atoms with Gasteiger partial charge < -0.3 is 14.8 Å². The van der Waals surface area contributed by atoms with Gasteiger partial charge in [-0.3, -0.25) is 4.98 Å². The molecule has 4 nitrogen and oxygen atoms in total. The molecule has 1 heterocycles. The van der Waals surface area contributed by atoms with Gasteiger partial charge in [-0.15, -0.1) is 0 Å². The molecule has 1 unspecified atom stereocenters. The molecule has 1 aromatic heterocycles. The molecule has 1 aromatic carbocycles. The number of hydrogen-bond acceptors (Lipinski definition) is 4. The normalized spacial score (nSPS) is 12.7. The Hall–Kier alpha value is -1.49. The number of fused-ring (bicyclic) bond motifs is 1. The molecular formula is C16H22N2O2. The van der Waals surface area contributed by atoms with E-state index in [0.29, 0.717) is 13.2 Å². The molecule has 0 aliphatic carbocycles. The van der Waals surface area contributed by atoms with E-state index < -0.39 is 0 Å².